The van der Waals surface area contributed by atoms with Crippen molar-refractivity contribution in [3.8, 4) is 0 Å². The van der Waals surface area contributed by atoms with Crippen molar-refractivity contribution in [1.82, 2.24) is 0 Å². The number of carboxylic acids is 1. The Bertz CT molecular complexity index is 772. The highest BCUT2D eigenvalue weighted by Crippen LogP contribution is 2.40. The molecule has 1 N–H and O–H groups in total. The van der Waals surface area contributed by atoms with E-state index in [-0.39, 0.29) is 29.8 Å². The lowest BCUT2D eigenvalue weighted by atomic mass is 10.1. The van der Waals surface area contributed by atoms with Crippen molar-refractivity contribution in [2.75, 3.05) is 4.90 Å². The van der Waals surface area contributed by atoms with Gasteiger partial charge in [-0.05, 0) is 54.3 Å². The van der Waals surface area contributed by atoms with Gasteiger partial charge in [-0.15, -0.1) is 0 Å². The van der Waals surface area contributed by atoms with E-state index in [4.69, 9.17) is 5.11 Å². The van der Waals surface area contributed by atoms with Crippen molar-refractivity contribution in [3.05, 3.63) is 65.5 Å². The van der Waals surface area contributed by atoms with Crippen LogP contribution in [0.25, 0.3) is 0 Å². The van der Waals surface area contributed by atoms with E-state index in [0.717, 1.165) is 12.0 Å². The molecule has 1 aliphatic carbocycles. The third kappa shape index (κ3) is 3.45. The minimum Gasteiger partial charge on any atom is -0.478 e. The second kappa shape index (κ2) is 6.43. The first kappa shape index (κ1) is 16.2. The largest absolute Gasteiger partial charge is 0.478 e. The van der Waals surface area contributed by atoms with Gasteiger partial charge in [0.05, 0.1) is 12.1 Å². The molecule has 3 rings (SSSR count). The predicted octanol–water partition coefficient (Wildman–Crippen LogP) is 3.71. The minimum absolute atomic E-state index is 0.00478. The lowest BCUT2D eigenvalue weighted by Gasteiger charge is -2.23. The summed E-state index contributed by atoms with van der Waals surface area (Å²) >= 11 is 0. The third-order valence-electron chi connectivity index (χ3n) is 4.35. The van der Waals surface area contributed by atoms with Gasteiger partial charge < -0.3 is 10.0 Å². The number of aromatic carboxylic acids is 1. The topological polar surface area (TPSA) is 57.6 Å². The summed E-state index contributed by atoms with van der Waals surface area (Å²) in [6.07, 6.45) is 0.853. The van der Waals surface area contributed by atoms with Crippen LogP contribution >= 0.6 is 0 Å². The van der Waals surface area contributed by atoms with Gasteiger partial charge in [0.15, 0.2) is 0 Å². The summed E-state index contributed by atoms with van der Waals surface area (Å²) in [7, 11) is 0. The Morgan fingerprint density at radius 1 is 1.21 bits per heavy atom. The first-order chi connectivity index (χ1) is 11.5. The summed E-state index contributed by atoms with van der Waals surface area (Å²) in [6.45, 7) is 2.28. The molecule has 0 aromatic heterocycles. The van der Waals surface area contributed by atoms with Crippen LogP contribution in [-0.4, -0.2) is 17.0 Å². The van der Waals surface area contributed by atoms with Crippen LogP contribution in [0.5, 0.6) is 0 Å². The molecule has 4 nitrogen and oxygen atoms in total. The standard InChI is InChI=1S/C19H18FNO3/c1-12-9-17(12)18(22)21(16-7-5-15(20)6-8-16)11-13-3-2-4-14(10-13)19(23)24/h2-8,10,12,17H,9,11H2,1H3,(H,23,24). The number of halogens is 1. The number of rotatable bonds is 5. The lowest BCUT2D eigenvalue weighted by molar-refractivity contribution is -0.120. The zero-order chi connectivity index (χ0) is 17.3. The van der Waals surface area contributed by atoms with E-state index in [1.807, 2.05) is 6.92 Å². The second-order valence-electron chi connectivity index (χ2n) is 6.23. The zero-order valence-corrected chi connectivity index (χ0v) is 13.3. The summed E-state index contributed by atoms with van der Waals surface area (Å²) < 4.78 is 13.2. The molecule has 0 bridgehead atoms. The van der Waals surface area contributed by atoms with Gasteiger partial charge in [-0.2, -0.15) is 0 Å². The Labute approximate surface area is 139 Å². The number of hydrogen-bond donors (Lipinski definition) is 1. The number of carboxylic acid groups (broad SMARTS) is 1. The highest BCUT2D eigenvalue weighted by Gasteiger charge is 2.41. The molecule has 1 fully saturated rings. The third-order valence-corrected chi connectivity index (χ3v) is 4.35. The highest BCUT2D eigenvalue weighted by atomic mass is 19.1. The molecule has 1 amide bonds. The SMILES string of the molecule is CC1CC1C(=O)N(Cc1cccc(C(=O)O)c1)c1ccc(F)cc1. The van der Waals surface area contributed by atoms with Crippen molar-refractivity contribution in [3.63, 3.8) is 0 Å². The van der Waals surface area contributed by atoms with Gasteiger partial charge in [-0.3, -0.25) is 4.79 Å². The molecule has 0 radical (unpaired) electrons. The number of benzene rings is 2. The summed E-state index contributed by atoms with van der Waals surface area (Å²) in [5.41, 5.74) is 1.51. The van der Waals surface area contributed by atoms with Crippen molar-refractivity contribution in [2.24, 2.45) is 11.8 Å². The fourth-order valence-electron chi connectivity index (χ4n) is 2.77. The van der Waals surface area contributed by atoms with Gasteiger partial charge in [0.1, 0.15) is 5.82 Å². The van der Waals surface area contributed by atoms with Crippen LogP contribution in [0.2, 0.25) is 0 Å². The van der Waals surface area contributed by atoms with Crippen LogP contribution in [0.4, 0.5) is 10.1 Å². The Morgan fingerprint density at radius 2 is 1.88 bits per heavy atom. The molecule has 5 heteroatoms. The average Bonchev–Trinajstić information content (AvgIpc) is 3.30. The van der Waals surface area contributed by atoms with Gasteiger partial charge >= 0.3 is 5.97 Å². The first-order valence-corrected chi connectivity index (χ1v) is 7.85. The van der Waals surface area contributed by atoms with Gasteiger partial charge in [-0.1, -0.05) is 19.1 Å². The maximum atomic E-state index is 13.2. The fourth-order valence-corrected chi connectivity index (χ4v) is 2.77. The van der Waals surface area contributed by atoms with Crippen molar-refractivity contribution in [2.45, 2.75) is 19.9 Å². The van der Waals surface area contributed by atoms with Crippen molar-refractivity contribution in [1.29, 1.82) is 0 Å². The van der Waals surface area contributed by atoms with E-state index < -0.39 is 5.97 Å². The van der Waals surface area contributed by atoms with E-state index in [2.05, 4.69) is 0 Å². The number of amides is 1. The van der Waals surface area contributed by atoms with Crippen LogP contribution in [0.15, 0.2) is 48.5 Å². The monoisotopic (exact) mass is 327 g/mol. The molecule has 2 atom stereocenters. The highest BCUT2D eigenvalue weighted by molar-refractivity contribution is 5.96. The van der Waals surface area contributed by atoms with Gasteiger partial charge in [0, 0.05) is 11.6 Å². The molecule has 1 saturated carbocycles. The minimum atomic E-state index is -1.01. The van der Waals surface area contributed by atoms with E-state index >= 15 is 0 Å². The summed E-state index contributed by atoms with van der Waals surface area (Å²) in [6, 6.07) is 12.3. The zero-order valence-electron chi connectivity index (χ0n) is 13.3. The predicted molar refractivity (Wildman–Crippen MR) is 88.3 cm³/mol. The molecule has 0 saturated heterocycles. The molecule has 0 aliphatic heterocycles. The van der Waals surface area contributed by atoms with Crippen LogP contribution in [0.3, 0.4) is 0 Å². The van der Waals surface area contributed by atoms with Gasteiger partial charge in [0.25, 0.3) is 0 Å². The summed E-state index contributed by atoms with van der Waals surface area (Å²) in [5, 5.41) is 9.11. The normalized spacial score (nSPS) is 18.9. The first-order valence-electron chi connectivity index (χ1n) is 7.85. The quantitative estimate of drug-likeness (QED) is 0.911. The number of carbonyl (C=O) groups is 2. The molecule has 2 aromatic rings. The maximum Gasteiger partial charge on any atom is 0.335 e. The second-order valence-corrected chi connectivity index (χ2v) is 6.23. The number of anilines is 1. The smallest absolute Gasteiger partial charge is 0.335 e. The van der Waals surface area contributed by atoms with Crippen LogP contribution in [0, 0.1) is 17.7 Å². The molecular formula is C19H18FNO3. The Hall–Kier alpha value is -2.69. The van der Waals surface area contributed by atoms with Crippen LogP contribution in [-0.2, 0) is 11.3 Å². The van der Waals surface area contributed by atoms with E-state index in [1.165, 1.54) is 18.2 Å². The lowest BCUT2D eigenvalue weighted by Crippen LogP contribution is -2.32. The molecule has 0 heterocycles. The van der Waals surface area contributed by atoms with Crippen LogP contribution in [0.1, 0.15) is 29.3 Å². The number of nitrogens with zero attached hydrogens (tertiary/aromatic N) is 1. The van der Waals surface area contributed by atoms with Crippen LogP contribution < -0.4 is 4.90 Å². The molecular weight excluding hydrogens is 309 g/mol. The Morgan fingerprint density at radius 3 is 2.46 bits per heavy atom. The molecule has 1 aliphatic rings. The number of carbonyl (C=O) groups excluding carboxylic acids is 1. The van der Waals surface area contributed by atoms with Crippen molar-refractivity contribution < 1.29 is 19.1 Å². The molecule has 2 unspecified atom stereocenters. The Kier molecular flexibility index (Phi) is 4.34. The fraction of sp³-hybridized carbons (Fsp3) is 0.263. The van der Waals surface area contributed by atoms with E-state index in [1.54, 1.807) is 35.2 Å². The van der Waals surface area contributed by atoms with Gasteiger partial charge in [0.2, 0.25) is 5.91 Å². The van der Waals surface area contributed by atoms with Crippen molar-refractivity contribution >= 4 is 17.6 Å². The molecule has 0 spiro atoms. The molecule has 2 aromatic carbocycles. The van der Waals surface area contributed by atoms with E-state index in [0.29, 0.717) is 11.6 Å². The summed E-state index contributed by atoms with van der Waals surface area (Å²) in [4.78, 5) is 25.5. The molecule has 124 valence electrons. The molecule has 24 heavy (non-hydrogen) atoms. The number of hydrogen-bond acceptors (Lipinski definition) is 2. The summed E-state index contributed by atoms with van der Waals surface area (Å²) in [5.74, 6) is -1.04. The Balaban J connectivity index is 1.89. The average molecular weight is 327 g/mol. The maximum absolute atomic E-state index is 13.2. The van der Waals surface area contributed by atoms with E-state index in [9.17, 15) is 14.0 Å². The van der Waals surface area contributed by atoms with Gasteiger partial charge in [-0.25, -0.2) is 9.18 Å².